The van der Waals surface area contributed by atoms with Crippen LogP contribution in [0.3, 0.4) is 0 Å². The van der Waals surface area contributed by atoms with Gasteiger partial charge in [0.1, 0.15) is 6.23 Å². The first-order valence-corrected chi connectivity index (χ1v) is 10.4. The summed E-state index contributed by atoms with van der Waals surface area (Å²) >= 11 is 0. The SMILES string of the molecule is C\C=C/N=C1\C=C(CNC2=CNC(OC)C=C2N2CCNCC2)C=C\C1=C/CC. The Bertz CT molecular complexity index is 779. The molecule has 0 aromatic carbocycles. The van der Waals surface area contributed by atoms with Gasteiger partial charge in [0.15, 0.2) is 0 Å². The normalized spacial score (nSPS) is 25.1. The van der Waals surface area contributed by atoms with Gasteiger partial charge in [0.2, 0.25) is 0 Å². The van der Waals surface area contributed by atoms with Gasteiger partial charge in [-0.15, -0.1) is 0 Å². The zero-order valence-corrected chi connectivity index (χ0v) is 17.7. The lowest BCUT2D eigenvalue weighted by Gasteiger charge is -2.35. The van der Waals surface area contributed by atoms with Crippen molar-refractivity contribution >= 4 is 5.71 Å². The van der Waals surface area contributed by atoms with E-state index in [1.165, 1.54) is 16.8 Å². The molecule has 2 aliphatic heterocycles. The number of methoxy groups -OCH3 is 1. The standard InChI is InChI=1S/C23H33N5O/c1-4-6-19-8-7-18(14-20(19)25-9-5-2)16-26-21-17-27-23(29-3)15-22(21)28-12-10-24-11-13-28/h5-9,14-15,17,23-24,26-27H,4,10-13,16H2,1-3H3/b9-5-,19-6+,25-20+. The van der Waals surface area contributed by atoms with Gasteiger partial charge in [0.25, 0.3) is 0 Å². The Hall–Kier alpha value is -2.57. The monoisotopic (exact) mass is 395 g/mol. The molecule has 0 bridgehead atoms. The van der Waals surface area contributed by atoms with Crippen molar-refractivity contribution in [2.45, 2.75) is 26.5 Å². The molecule has 3 N–H and O–H groups in total. The number of hydrogen-bond donors (Lipinski definition) is 3. The number of nitrogens with one attached hydrogen (secondary N) is 3. The number of nitrogens with zero attached hydrogens (tertiary/aromatic N) is 2. The number of hydrogen-bond acceptors (Lipinski definition) is 6. The number of aliphatic imine (C=N–C) groups is 1. The maximum atomic E-state index is 5.49. The largest absolute Gasteiger partial charge is 0.378 e. The molecular weight excluding hydrogens is 362 g/mol. The predicted octanol–water partition coefficient (Wildman–Crippen LogP) is 2.59. The lowest BCUT2D eigenvalue weighted by atomic mass is 9.99. The highest BCUT2D eigenvalue weighted by Gasteiger charge is 2.22. The van der Waals surface area contributed by atoms with Crippen LogP contribution in [0.1, 0.15) is 20.3 Å². The molecule has 3 aliphatic rings. The average molecular weight is 396 g/mol. The van der Waals surface area contributed by atoms with Gasteiger partial charge < -0.3 is 25.6 Å². The molecule has 1 saturated heterocycles. The van der Waals surface area contributed by atoms with Crippen LogP contribution in [-0.2, 0) is 4.74 Å². The number of rotatable bonds is 7. The van der Waals surface area contributed by atoms with Gasteiger partial charge in [0.05, 0.1) is 17.1 Å². The van der Waals surface area contributed by atoms with E-state index in [9.17, 15) is 0 Å². The molecule has 6 nitrogen and oxygen atoms in total. The molecule has 3 rings (SSSR count). The van der Waals surface area contributed by atoms with Crippen molar-refractivity contribution in [2.75, 3.05) is 39.8 Å². The maximum absolute atomic E-state index is 5.49. The van der Waals surface area contributed by atoms with Gasteiger partial charge in [-0.05, 0) is 36.6 Å². The molecule has 0 aromatic rings. The second-order valence-corrected chi connectivity index (χ2v) is 7.14. The van der Waals surface area contributed by atoms with Crippen LogP contribution >= 0.6 is 0 Å². The van der Waals surface area contributed by atoms with Crippen LogP contribution in [0.15, 0.2) is 76.4 Å². The molecule has 0 spiro atoms. The van der Waals surface area contributed by atoms with Gasteiger partial charge in [-0.1, -0.05) is 31.2 Å². The Balaban J connectivity index is 1.72. The molecule has 0 radical (unpaired) electrons. The van der Waals surface area contributed by atoms with E-state index >= 15 is 0 Å². The third kappa shape index (κ3) is 5.71. The quantitative estimate of drug-likeness (QED) is 0.619. The molecular formula is C23H33N5O. The highest BCUT2D eigenvalue weighted by atomic mass is 16.5. The summed E-state index contributed by atoms with van der Waals surface area (Å²) in [5.74, 6) is 0. The zero-order valence-electron chi connectivity index (χ0n) is 17.7. The van der Waals surface area contributed by atoms with E-state index in [0.717, 1.165) is 50.6 Å². The highest BCUT2D eigenvalue weighted by Crippen LogP contribution is 2.20. The first-order chi connectivity index (χ1) is 14.2. The summed E-state index contributed by atoms with van der Waals surface area (Å²) in [6.45, 7) is 8.86. The fourth-order valence-corrected chi connectivity index (χ4v) is 3.54. The Kier molecular flexibility index (Phi) is 7.90. The van der Waals surface area contributed by atoms with Gasteiger partial charge >= 0.3 is 0 Å². The van der Waals surface area contributed by atoms with E-state index in [1.807, 2.05) is 25.4 Å². The lowest BCUT2D eigenvalue weighted by molar-refractivity contribution is 0.119. The first kappa shape index (κ1) is 21.1. The molecule has 0 amide bonds. The molecule has 2 heterocycles. The first-order valence-electron chi connectivity index (χ1n) is 10.4. The lowest BCUT2D eigenvalue weighted by Crippen LogP contribution is -2.46. The minimum atomic E-state index is -0.0967. The van der Waals surface area contributed by atoms with Crippen LogP contribution in [0.25, 0.3) is 0 Å². The van der Waals surface area contributed by atoms with Gasteiger partial charge in [0, 0.05) is 52.2 Å². The summed E-state index contributed by atoms with van der Waals surface area (Å²) in [6.07, 6.45) is 17.6. The van der Waals surface area contributed by atoms with E-state index < -0.39 is 0 Å². The van der Waals surface area contributed by atoms with Crippen LogP contribution in [-0.4, -0.2) is 56.7 Å². The number of dihydropyridines is 1. The van der Waals surface area contributed by atoms with Crippen molar-refractivity contribution in [3.8, 4) is 0 Å². The van der Waals surface area contributed by atoms with Crippen molar-refractivity contribution in [3.63, 3.8) is 0 Å². The molecule has 1 fully saturated rings. The van der Waals surface area contributed by atoms with Crippen LogP contribution in [0, 0.1) is 0 Å². The second-order valence-electron chi connectivity index (χ2n) is 7.14. The van der Waals surface area contributed by atoms with Crippen molar-refractivity contribution in [1.29, 1.82) is 0 Å². The fourth-order valence-electron chi connectivity index (χ4n) is 3.54. The van der Waals surface area contributed by atoms with Gasteiger partial charge in [-0.25, -0.2) is 0 Å². The minimum Gasteiger partial charge on any atom is -0.378 e. The Morgan fingerprint density at radius 1 is 1.31 bits per heavy atom. The van der Waals surface area contributed by atoms with E-state index in [1.54, 1.807) is 7.11 Å². The van der Waals surface area contributed by atoms with Crippen molar-refractivity contribution in [1.82, 2.24) is 20.9 Å². The number of ether oxygens (including phenoxy) is 1. The predicted molar refractivity (Wildman–Crippen MR) is 120 cm³/mol. The summed E-state index contributed by atoms with van der Waals surface area (Å²) < 4.78 is 5.49. The third-order valence-electron chi connectivity index (χ3n) is 5.05. The van der Waals surface area contributed by atoms with Crippen LogP contribution in [0.5, 0.6) is 0 Å². The number of piperazine rings is 1. The topological polar surface area (TPSA) is 60.9 Å². The Morgan fingerprint density at radius 2 is 2.14 bits per heavy atom. The van der Waals surface area contributed by atoms with Crippen LogP contribution in [0.2, 0.25) is 0 Å². The molecule has 6 heteroatoms. The molecule has 1 unspecified atom stereocenters. The summed E-state index contributed by atoms with van der Waals surface area (Å²) in [5, 5.41) is 10.3. The van der Waals surface area contributed by atoms with Crippen molar-refractivity contribution < 1.29 is 4.74 Å². The molecule has 1 aliphatic carbocycles. The summed E-state index contributed by atoms with van der Waals surface area (Å²) in [6, 6.07) is 0. The maximum Gasteiger partial charge on any atom is 0.148 e. The van der Waals surface area contributed by atoms with E-state index in [2.05, 4.69) is 63.1 Å². The number of allylic oxidation sites excluding steroid dienone is 5. The average Bonchev–Trinajstić information content (AvgIpc) is 2.78. The summed E-state index contributed by atoms with van der Waals surface area (Å²) in [7, 11) is 1.72. The molecule has 156 valence electrons. The Labute approximate surface area is 174 Å². The molecule has 0 aromatic heterocycles. The van der Waals surface area contributed by atoms with E-state index in [4.69, 9.17) is 4.74 Å². The van der Waals surface area contributed by atoms with Crippen molar-refractivity contribution in [2.24, 2.45) is 4.99 Å². The third-order valence-corrected chi connectivity index (χ3v) is 5.05. The molecule has 29 heavy (non-hydrogen) atoms. The van der Waals surface area contributed by atoms with Gasteiger partial charge in [-0.3, -0.25) is 4.99 Å². The molecule has 0 saturated carbocycles. The van der Waals surface area contributed by atoms with E-state index in [0.29, 0.717) is 0 Å². The smallest absolute Gasteiger partial charge is 0.148 e. The van der Waals surface area contributed by atoms with Gasteiger partial charge in [-0.2, -0.15) is 0 Å². The molecule has 1 atom stereocenters. The zero-order chi connectivity index (χ0) is 20.5. The highest BCUT2D eigenvalue weighted by molar-refractivity contribution is 6.12. The van der Waals surface area contributed by atoms with Crippen LogP contribution < -0.4 is 16.0 Å². The van der Waals surface area contributed by atoms with Crippen molar-refractivity contribution in [3.05, 3.63) is 71.4 Å². The Morgan fingerprint density at radius 3 is 2.86 bits per heavy atom. The minimum absolute atomic E-state index is 0.0967. The summed E-state index contributed by atoms with van der Waals surface area (Å²) in [5.41, 5.74) is 5.69. The van der Waals surface area contributed by atoms with E-state index in [-0.39, 0.29) is 6.23 Å². The summed E-state index contributed by atoms with van der Waals surface area (Å²) in [4.78, 5) is 7.01. The van der Waals surface area contributed by atoms with Crippen LogP contribution in [0.4, 0.5) is 0 Å². The second kappa shape index (κ2) is 10.8. The fraction of sp³-hybridized carbons (Fsp3) is 0.435.